The van der Waals surface area contributed by atoms with Gasteiger partial charge in [-0.1, -0.05) is 18.2 Å². The van der Waals surface area contributed by atoms with Crippen LogP contribution >= 0.6 is 24.0 Å². The molecule has 0 saturated carbocycles. The zero-order chi connectivity index (χ0) is 21.4. The lowest BCUT2D eigenvalue weighted by molar-refractivity contribution is 0.0963. The molecule has 0 aliphatic carbocycles. The molecule has 9 nitrogen and oxygen atoms in total. The molecular formula is C19H32IN5O4S. The van der Waals surface area contributed by atoms with Gasteiger partial charge in [0.05, 0.1) is 11.5 Å². The first-order chi connectivity index (χ1) is 13.8. The second-order valence-electron chi connectivity index (χ2n) is 6.93. The van der Waals surface area contributed by atoms with Gasteiger partial charge < -0.3 is 20.3 Å². The Morgan fingerprint density at radius 1 is 1.27 bits per heavy atom. The number of rotatable bonds is 6. The van der Waals surface area contributed by atoms with Crippen LogP contribution in [0.15, 0.2) is 34.2 Å². The number of amides is 1. The van der Waals surface area contributed by atoms with Crippen molar-refractivity contribution in [1.29, 1.82) is 0 Å². The average molecular weight is 553 g/mol. The second kappa shape index (κ2) is 12.3. The Bertz CT molecular complexity index is 824. The van der Waals surface area contributed by atoms with Crippen molar-refractivity contribution in [2.24, 2.45) is 4.99 Å². The molecule has 11 heteroatoms. The third kappa shape index (κ3) is 6.98. The fourth-order valence-electron chi connectivity index (χ4n) is 3.09. The number of carbonyl (C=O) groups excluding carboxylic acids is 1. The van der Waals surface area contributed by atoms with Gasteiger partial charge in [-0.3, -0.25) is 4.99 Å². The number of nitrogens with zero attached hydrogens (tertiary/aromatic N) is 3. The molecule has 170 valence electrons. The van der Waals surface area contributed by atoms with Crippen LogP contribution in [-0.4, -0.2) is 76.6 Å². The van der Waals surface area contributed by atoms with Gasteiger partial charge in [0.15, 0.2) is 5.96 Å². The largest absolute Gasteiger partial charge is 0.450 e. The van der Waals surface area contributed by atoms with Crippen molar-refractivity contribution >= 4 is 46.1 Å². The van der Waals surface area contributed by atoms with Crippen molar-refractivity contribution in [3.63, 3.8) is 0 Å². The first-order valence-electron chi connectivity index (χ1n) is 9.69. The van der Waals surface area contributed by atoms with Crippen molar-refractivity contribution < 1.29 is 17.9 Å². The summed E-state index contributed by atoms with van der Waals surface area (Å²) in [6.45, 7) is 3.74. The summed E-state index contributed by atoms with van der Waals surface area (Å²) in [5, 5.41) is 6.54. The van der Waals surface area contributed by atoms with Crippen LogP contribution in [0.4, 0.5) is 4.79 Å². The molecule has 1 heterocycles. The number of benzene rings is 1. The van der Waals surface area contributed by atoms with Crippen molar-refractivity contribution in [2.45, 2.75) is 37.2 Å². The molecule has 1 amide bonds. The molecule has 1 fully saturated rings. The molecule has 0 radical (unpaired) electrons. The van der Waals surface area contributed by atoms with E-state index in [0.717, 1.165) is 12.8 Å². The third-order valence-electron chi connectivity index (χ3n) is 4.76. The molecule has 30 heavy (non-hydrogen) atoms. The van der Waals surface area contributed by atoms with Crippen LogP contribution in [0.25, 0.3) is 0 Å². The number of sulfonamides is 1. The van der Waals surface area contributed by atoms with E-state index in [0.29, 0.717) is 37.8 Å². The quantitative estimate of drug-likeness (QED) is 0.317. The van der Waals surface area contributed by atoms with E-state index < -0.39 is 10.0 Å². The van der Waals surface area contributed by atoms with Crippen molar-refractivity contribution in [3.05, 3.63) is 29.8 Å². The number of guanidine groups is 1. The highest BCUT2D eigenvalue weighted by atomic mass is 127. The van der Waals surface area contributed by atoms with Gasteiger partial charge in [-0.25, -0.2) is 17.5 Å². The van der Waals surface area contributed by atoms with Crippen LogP contribution in [0.5, 0.6) is 0 Å². The summed E-state index contributed by atoms with van der Waals surface area (Å²) in [7, 11) is 1.18. The zero-order valence-electron chi connectivity index (χ0n) is 17.9. The normalized spacial score (nSPS) is 15.5. The van der Waals surface area contributed by atoms with E-state index in [-0.39, 0.29) is 41.0 Å². The minimum Gasteiger partial charge on any atom is -0.450 e. The van der Waals surface area contributed by atoms with E-state index in [1.54, 1.807) is 37.1 Å². The van der Waals surface area contributed by atoms with Crippen LogP contribution in [0.3, 0.4) is 0 Å². The average Bonchev–Trinajstić information content (AvgIpc) is 2.71. The predicted octanol–water partition coefficient (Wildman–Crippen LogP) is 1.84. The van der Waals surface area contributed by atoms with Crippen molar-refractivity contribution in [3.8, 4) is 0 Å². The van der Waals surface area contributed by atoms with Crippen LogP contribution in [-0.2, 0) is 21.3 Å². The Labute approximate surface area is 196 Å². The lowest BCUT2D eigenvalue weighted by Crippen LogP contribution is -2.49. The smallest absolute Gasteiger partial charge is 0.409 e. The van der Waals surface area contributed by atoms with E-state index in [1.807, 2.05) is 6.07 Å². The Balaban J connectivity index is 0.00000450. The number of aliphatic imine (C=N–C) groups is 1. The lowest BCUT2D eigenvalue weighted by atomic mass is 10.1. The number of piperidine rings is 1. The van der Waals surface area contributed by atoms with Crippen LogP contribution in [0.2, 0.25) is 0 Å². The molecule has 2 N–H and O–H groups in total. The lowest BCUT2D eigenvalue weighted by Gasteiger charge is -2.32. The number of hydrogen-bond acceptors (Lipinski definition) is 5. The summed E-state index contributed by atoms with van der Waals surface area (Å²) < 4.78 is 31.3. The summed E-state index contributed by atoms with van der Waals surface area (Å²) in [6.07, 6.45) is 1.29. The van der Waals surface area contributed by atoms with Gasteiger partial charge in [0.1, 0.15) is 0 Å². The number of nitrogens with one attached hydrogen (secondary N) is 2. The molecule has 1 aromatic carbocycles. The van der Waals surface area contributed by atoms with E-state index in [4.69, 9.17) is 4.74 Å². The minimum atomic E-state index is -3.52. The van der Waals surface area contributed by atoms with E-state index in [1.165, 1.54) is 18.4 Å². The van der Waals surface area contributed by atoms with Crippen molar-refractivity contribution in [1.82, 2.24) is 19.8 Å². The fourth-order valence-corrected chi connectivity index (χ4v) is 4.20. The fraction of sp³-hybridized carbons (Fsp3) is 0.579. The maximum absolute atomic E-state index is 12.5. The van der Waals surface area contributed by atoms with Crippen LogP contribution in [0, 0.1) is 0 Å². The number of likely N-dealkylation sites (tertiary alicyclic amines) is 1. The standard InChI is InChI=1S/C19H31N5O4S.HI/c1-5-28-19(25)24-12-10-16(11-13-24)22-18(20-2)21-14-15-8-6-7-9-17(15)29(26,27)23(3)4;/h6-9,16H,5,10-14H2,1-4H3,(H2,20,21,22);1H. The molecular weight excluding hydrogens is 521 g/mol. The topological polar surface area (TPSA) is 103 Å². The van der Waals surface area contributed by atoms with Gasteiger partial charge in [0.2, 0.25) is 10.0 Å². The van der Waals surface area contributed by atoms with Crippen LogP contribution in [0.1, 0.15) is 25.3 Å². The Hall–Kier alpha value is -1.60. The molecule has 1 aliphatic rings. The summed E-state index contributed by atoms with van der Waals surface area (Å²) >= 11 is 0. The van der Waals surface area contributed by atoms with Gasteiger partial charge in [0, 0.05) is 46.8 Å². The highest BCUT2D eigenvalue weighted by Crippen LogP contribution is 2.18. The minimum absolute atomic E-state index is 0. The molecule has 0 aromatic heterocycles. The highest BCUT2D eigenvalue weighted by molar-refractivity contribution is 14.0. The van der Waals surface area contributed by atoms with E-state index >= 15 is 0 Å². The summed E-state index contributed by atoms with van der Waals surface area (Å²) in [5.41, 5.74) is 0.668. The highest BCUT2D eigenvalue weighted by Gasteiger charge is 2.24. The molecule has 1 aromatic rings. The van der Waals surface area contributed by atoms with E-state index in [2.05, 4.69) is 15.6 Å². The molecule has 2 rings (SSSR count). The molecule has 1 saturated heterocycles. The summed E-state index contributed by atoms with van der Waals surface area (Å²) in [4.78, 5) is 18.0. The molecule has 1 aliphatic heterocycles. The van der Waals surface area contributed by atoms with Gasteiger partial charge in [-0.2, -0.15) is 0 Å². The van der Waals surface area contributed by atoms with Crippen molar-refractivity contribution in [2.75, 3.05) is 40.8 Å². The van der Waals surface area contributed by atoms with Gasteiger partial charge in [-0.15, -0.1) is 24.0 Å². The third-order valence-corrected chi connectivity index (χ3v) is 6.68. The van der Waals surface area contributed by atoms with Gasteiger partial charge >= 0.3 is 6.09 Å². The molecule has 0 atom stereocenters. The molecule has 0 unspecified atom stereocenters. The first-order valence-corrected chi connectivity index (χ1v) is 11.1. The summed E-state index contributed by atoms with van der Waals surface area (Å²) in [6, 6.07) is 7.09. The van der Waals surface area contributed by atoms with Gasteiger partial charge in [0.25, 0.3) is 0 Å². The number of ether oxygens (including phenoxy) is 1. The first kappa shape index (κ1) is 26.4. The zero-order valence-corrected chi connectivity index (χ0v) is 21.1. The molecule has 0 bridgehead atoms. The number of halogens is 1. The number of carbonyl (C=O) groups is 1. The Kier molecular flexibility index (Phi) is 10.8. The van der Waals surface area contributed by atoms with E-state index in [9.17, 15) is 13.2 Å². The number of hydrogen-bond donors (Lipinski definition) is 2. The Morgan fingerprint density at radius 2 is 1.90 bits per heavy atom. The van der Waals surface area contributed by atoms with Gasteiger partial charge in [-0.05, 0) is 31.4 Å². The maximum Gasteiger partial charge on any atom is 0.409 e. The monoisotopic (exact) mass is 553 g/mol. The SMILES string of the molecule is CCOC(=O)N1CCC(NC(=NC)NCc2ccccc2S(=O)(=O)N(C)C)CC1.I. The maximum atomic E-state index is 12.5. The Morgan fingerprint density at radius 3 is 2.47 bits per heavy atom. The summed E-state index contributed by atoms with van der Waals surface area (Å²) in [5.74, 6) is 0.594. The predicted molar refractivity (Wildman–Crippen MR) is 128 cm³/mol. The van der Waals surface area contributed by atoms with Crippen LogP contribution < -0.4 is 10.6 Å². The second-order valence-corrected chi connectivity index (χ2v) is 9.05. The molecule has 0 spiro atoms.